The van der Waals surface area contributed by atoms with Crippen LogP contribution in [-0.4, -0.2) is 28.9 Å². The fourth-order valence-electron chi connectivity index (χ4n) is 2.58. The van der Waals surface area contributed by atoms with Gasteiger partial charge in [-0.3, -0.25) is 4.79 Å². The standard InChI is InChI=1S/C14H20ClN3O/c1-18(11-6-4-2-3-5-7-11)14(19)10-8-12(15)13(16)17-9-10/h8-9,11H,2-7H2,1H3,(H2,16,17). The Bertz CT molecular complexity index is 456. The van der Waals surface area contributed by atoms with Gasteiger partial charge < -0.3 is 10.6 Å². The maximum Gasteiger partial charge on any atom is 0.255 e. The molecule has 1 saturated carbocycles. The Morgan fingerprint density at radius 2 is 2.00 bits per heavy atom. The molecule has 0 aliphatic heterocycles. The maximum absolute atomic E-state index is 12.4. The zero-order valence-electron chi connectivity index (χ0n) is 11.2. The molecular weight excluding hydrogens is 262 g/mol. The molecule has 19 heavy (non-hydrogen) atoms. The summed E-state index contributed by atoms with van der Waals surface area (Å²) in [6.45, 7) is 0. The van der Waals surface area contributed by atoms with Crippen molar-refractivity contribution < 1.29 is 4.79 Å². The van der Waals surface area contributed by atoms with Crippen molar-refractivity contribution in [3.8, 4) is 0 Å². The highest BCUT2D eigenvalue weighted by Crippen LogP contribution is 2.23. The molecule has 1 amide bonds. The number of pyridine rings is 1. The van der Waals surface area contributed by atoms with Crippen molar-refractivity contribution in [2.24, 2.45) is 0 Å². The Morgan fingerprint density at radius 3 is 2.58 bits per heavy atom. The first-order valence-corrected chi connectivity index (χ1v) is 7.15. The van der Waals surface area contributed by atoms with Crippen LogP contribution in [0, 0.1) is 0 Å². The zero-order valence-corrected chi connectivity index (χ0v) is 12.0. The number of hydrogen-bond acceptors (Lipinski definition) is 3. The lowest BCUT2D eigenvalue weighted by Gasteiger charge is -2.27. The number of rotatable bonds is 2. The van der Waals surface area contributed by atoms with Crippen molar-refractivity contribution in [3.63, 3.8) is 0 Å². The molecule has 0 spiro atoms. The van der Waals surface area contributed by atoms with Gasteiger partial charge in [-0.1, -0.05) is 37.3 Å². The van der Waals surface area contributed by atoms with Crippen molar-refractivity contribution >= 4 is 23.3 Å². The summed E-state index contributed by atoms with van der Waals surface area (Å²) in [4.78, 5) is 18.2. The zero-order chi connectivity index (χ0) is 13.8. The number of aromatic nitrogens is 1. The fraction of sp³-hybridized carbons (Fsp3) is 0.571. The average molecular weight is 282 g/mol. The van der Waals surface area contributed by atoms with Gasteiger partial charge in [-0.2, -0.15) is 0 Å². The summed E-state index contributed by atoms with van der Waals surface area (Å²) in [7, 11) is 1.86. The monoisotopic (exact) mass is 281 g/mol. The number of nitrogen functional groups attached to an aromatic ring is 1. The number of nitrogens with zero attached hydrogens (tertiary/aromatic N) is 2. The number of amides is 1. The molecule has 4 nitrogen and oxygen atoms in total. The molecule has 2 rings (SSSR count). The minimum absolute atomic E-state index is 0.0266. The van der Waals surface area contributed by atoms with E-state index >= 15 is 0 Å². The summed E-state index contributed by atoms with van der Waals surface area (Å²) in [6, 6.07) is 1.92. The predicted molar refractivity (Wildman–Crippen MR) is 77.2 cm³/mol. The van der Waals surface area contributed by atoms with E-state index in [1.165, 1.54) is 31.9 Å². The lowest BCUT2D eigenvalue weighted by atomic mass is 10.1. The Balaban J connectivity index is 2.10. The van der Waals surface area contributed by atoms with Crippen LogP contribution in [0.4, 0.5) is 5.82 Å². The number of nitrogens with two attached hydrogens (primary N) is 1. The normalized spacial score (nSPS) is 16.9. The number of carbonyl (C=O) groups is 1. The first-order valence-electron chi connectivity index (χ1n) is 6.78. The van der Waals surface area contributed by atoms with E-state index < -0.39 is 0 Å². The molecule has 0 atom stereocenters. The largest absolute Gasteiger partial charge is 0.382 e. The number of anilines is 1. The third-order valence-electron chi connectivity index (χ3n) is 3.81. The highest BCUT2D eigenvalue weighted by molar-refractivity contribution is 6.33. The van der Waals surface area contributed by atoms with Gasteiger partial charge in [0.2, 0.25) is 0 Å². The van der Waals surface area contributed by atoms with Gasteiger partial charge in [-0.05, 0) is 18.9 Å². The van der Waals surface area contributed by atoms with Crippen LogP contribution < -0.4 is 5.73 Å². The highest BCUT2D eigenvalue weighted by Gasteiger charge is 2.22. The molecule has 5 heteroatoms. The fourth-order valence-corrected chi connectivity index (χ4v) is 2.75. The van der Waals surface area contributed by atoms with Crippen LogP contribution in [0.2, 0.25) is 5.02 Å². The Morgan fingerprint density at radius 1 is 1.37 bits per heavy atom. The van der Waals surface area contributed by atoms with Crippen molar-refractivity contribution in [2.45, 2.75) is 44.6 Å². The number of hydrogen-bond donors (Lipinski definition) is 1. The quantitative estimate of drug-likeness (QED) is 0.848. The molecule has 0 radical (unpaired) electrons. The summed E-state index contributed by atoms with van der Waals surface area (Å²) in [5.41, 5.74) is 6.07. The van der Waals surface area contributed by atoms with Gasteiger partial charge in [-0.25, -0.2) is 4.98 Å². The van der Waals surface area contributed by atoms with Crippen LogP contribution in [0.15, 0.2) is 12.3 Å². The van der Waals surface area contributed by atoms with E-state index in [0.717, 1.165) is 12.8 Å². The van der Waals surface area contributed by atoms with E-state index in [1.807, 2.05) is 11.9 Å². The molecule has 1 aromatic rings. The molecule has 1 aromatic heterocycles. The van der Waals surface area contributed by atoms with E-state index in [4.69, 9.17) is 17.3 Å². The van der Waals surface area contributed by atoms with Gasteiger partial charge >= 0.3 is 0 Å². The van der Waals surface area contributed by atoms with E-state index in [-0.39, 0.29) is 11.7 Å². The highest BCUT2D eigenvalue weighted by atomic mass is 35.5. The SMILES string of the molecule is CN(C(=O)c1cnc(N)c(Cl)c1)C1CCCCCC1. The molecule has 0 unspecified atom stereocenters. The van der Waals surface area contributed by atoms with Crippen LogP contribution in [-0.2, 0) is 0 Å². The van der Waals surface area contributed by atoms with Crippen molar-refractivity contribution in [1.29, 1.82) is 0 Å². The van der Waals surface area contributed by atoms with Crippen LogP contribution in [0.1, 0.15) is 48.9 Å². The van der Waals surface area contributed by atoms with Gasteiger partial charge in [0, 0.05) is 19.3 Å². The first kappa shape index (κ1) is 14.1. The lowest BCUT2D eigenvalue weighted by molar-refractivity contribution is 0.0717. The second-order valence-electron chi connectivity index (χ2n) is 5.15. The molecule has 1 fully saturated rings. The number of halogens is 1. The van der Waals surface area contributed by atoms with Gasteiger partial charge in [0.05, 0.1) is 10.6 Å². The summed E-state index contributed by atoms with van der Waals surface area (Å²) < 4.78 is 0. The third kappa shape index (κ3) is 3.38. The third-order valence-corrected chi connectivity index (χ3v) is 4.11. The molecule has 0 aromatic carbocycles. The Labute approximate surface area is 118 Å². The number of carbonyl (C=O) groups excluding carboxylic acids is 1. The average Bonchev–Trinajstić information content (AvgIpc) is 2.69. The molecule has 1 aliphatic carbocycles. The smallest absolute Gasteiger partial charge is 0.255 e. The molecule has 2 N–H and O–H groups in total. The van der Waals surface area contributed by atoms with E-state index in [0.29, 0.717) is 16.6 Å². The Hall–Kier alpha value is -1.29. The summed E-state index contributed by atoms with van der Waals surface area (Å²) >= 11 is 5.92. The second kappa shape index (κ2) is 6.24. The second-order valence-corrected chi connectivity index (χ2v) is 5.56. The molecule has 1 heterocycles. The van der Waals surface area contributed by atoms with Crippen molar-refractivity contribution in [3.05, 3.63) is 22.8 Å². The van der Waals surface area contributed by atoms with Crippen LogP contribution >= 0.6 is 11.6 Å². The maximum atomic E-state index is 12.4. The van der Waals surface area contributed by atoms with E-state index in [1.54, 1.807) is 6.07 Å². The minimum atomic E-state index is -0.0266. The van der Waals surface area contributed by atoms with Crippen molar-refractivity contribution in [2.75, 3.05) is 12.8 Å². The van der Waals surface area contributed by atoms with Crippen LogP contribution in [0.3, 0.4) is 0 Å². The van der Waals surface area contributed by atoms with Crippen LogP contribution in [0.5, 0.6) is 0 Å². The van der Waals surface area contributed by atoms with Gasteiger partial charge in [0.25, 0.3) is 5.91 Å². The van der Waals surface area contributed by atoms with Gasteiger partial charge in [0.15, 0.2) is 0 Å². The molecule has 0 saturated heterocycles. The van der Waals surface area contributed by atoms with Gasteiger partial charge in [-0.15, -0.1) is 0 Å². The molecule has 104 valence electrons. The summed E-state index contributed by atoms with van der Waals surface area (Å²) in [6.07, 6.45) is 8.60. The first-order chi connectivity index (χ1) is 9.09. The van der Waals surface area contributed by atoms with Gasteiger partial charge in [0.1, 0.15) is 5.82 Å². The molecule has 1 aliphatic rings. The predicted octanol–water partition coefficient (Wildman–Crippen LogP) is 3.11. The van der Waals surface area contributed by atoms with Crippen molar-refractivity contribution in [1.82, 2.24) is 9.88 Å². The summed E-state index contributed by atoms with van der Waals surface area (Å²) in [5, 5.41) is 0.333. The minimum Gasteiger partial charge on any atom is -0.382 e. The Kier molecular flexibility index (Phi) is 4.64. The van der Waals surface area contributed by atoms with E-state index in [2.05, 4.69) is 4.98 Å². The lowest BCUT2D eigenvalue weighted by Crippen LogP contribution is -2.36. The topological polar surface area (TPSA) is 59.2 Å². The van der Waals surface area contributed by atoms with Crippen LogP contribution in [0.25, 0.3) is 0 Å². The molecular formula is C14H20ClN3O. The molecule has 0 bridgehead atoms. The summed E-state index contributed by atoms with van der Waals surface area (Å²) in [5.74, 6) is 0.233. The van der Waals surface area contributed by atoms with E-state index in [9.17, 15) is 4.79 Å².